The first kappa shape index (κ1) is 36.9. The highest BCUT2D eigenvalue weighted by molar-refractivity contribution is 6.29. The van der Waals surface area contributed by atoms with Gasteiger partial charge in [-0.2, -0.15) is 0 Å². The van der Waals surface area contributed by atoms with Crippen molar-refractivity contribution in [1.82, 2.24) is 19.5 Å². The van der Waals surface area contributed by atoms with Gasteiger partial charge in [0.2, 0.25) is 0 Å². The lowest BCUT2D eigenvalue weighted by Crippen LogP contribution is -2.01. The Bertz CT molecular complexity index is 3880. The van der Waals surface area contributed by atoms with Crippen LogP contribution >= 0.6 is 0 Å². The van der Waals surface area contributed by atoms with E-state index in [2.05, 4.69) is 217 Å². The predicted molar refractivity (Wildman–Crippen MR) is 271 cm³/mol. The smallest absolute Gasteiger partial charge is 0.160 e. The van der Waals surface area contributed by atoms with E-state index in [0.29, 0.717) is 5.82 Å². The van der Waals surface area contributed by atoms with Crippen LogP contribution in [0.5, 0.6) is 0 Å². The first-order valence-corrected chi connectivity index (χ1v) is 22.1. The summed E-state index contributed by atoms with van der Waals surface area (Å²) in [5.74, 6) is 0.684. The van der Waals surface area contributed by atoms with Crippen LogP contribution in [-0.2, 0) is 0 Å². The highest BCUT2D eigenvalue weighted by atomic mass is 15.0. The minimum Gasteiger partial charge on any atom is -0.309 e. The summed E-state index contributed by atoms with van der Waals surface area (Å²) in [4.78, 5) is 16.3. The molecule has 10 aromatic carbocycles. The second-order valence-electron chi connectivity index (χ2n) is 16.7. The molecular formula is C61H38N4. The fourth-order valence-corrected chi connectivity index (χ4v) is 9.91. The van der Waals surface area contributed by atoms with Crippen molar-refractivity contribution < 1.29 is 0 Å². The molecule has 3 heterocycles. The Morgan fingerprint density at radius 2 is 0.831 bits per heavy atom. The third-order valence-electron chi connectivity index (χ3n) is 12.9. The number of aromatic nitrogens is 4. The van der Waals surface area contributed by atoms with E-state index in [0.717, 1.165) is 83.2 Å². The Kier molecular flexibility index (Phi) is 8.50. The van der Waals surface area contributed by atoms with Gasteiger partial charge in [-0.05, 0) is 69.6 Å². The molecule has 4 heteroatoms. The minimum absolute atomic E-state index is 0.684. The predicted octanol–water partition coefficient (Wildman–Crippen LogP) is 15.9. The highest BCUT2D eigenvalue weighted by Gasteiger charge is 2.23. The second-order valence-corrected chi connectivity index (χ2v) is 16.7. The van der Waals surface area contributed by atoms with E-state index in [4.69, 9.17) is 15.0 Å². The molecule has 0 saturated carbocycles. The molecule has 0 aliphatic rings. The third kappa shape index (κ3) is 6.11. The van der Waals surface area contributed by atoms with Gasteiger partial charge in [-0.25, -0.2) is 15.0 Å². The molecule has 0 amide bonds. The van der Waals surface area contributed by atoms with Crippen LogP contribution in [-0.4, -0.2) is 19.5 Å². The van der Waals surface area contributed by atoms with Crippen molar-refractivity contribution in [1.29, 1.82) is 0 Å². The standard InChI is InChI=1S/C61H38N4/c1-3-17-43(18-4-1)61-63-59(46-33-27-39-15-7-9-19-44(39)37-46)55(60(64-61)47-34-28-40-16-8-10-20-45(40)38-47)41-29-31-42(32-30-41)58-51-35-36-54-57(56(51)49-23-11-13-25-52(49)62-58)50-24-12-14-26-53(50)65(54)48-21-5-2-6-22-48/h1-38H. The van der Waals surface area contributed by atoms with Crippen molar-refractivity contribution in [2.75, 3.05) is 0 Å². The molecule has 302 valence electrons. The number of hydrogen-bond donors (Lipinski definition) is 0. The van der Waals surface area contributed by atoms with E-state index < -0.39 is 0 Å². The molecule has 65 heavy (non-hydrogen) atoms. The molecule has 3 aromatic heterocycles. The maximum Gasteiger partial charge on any atom is 0.160 e. The van der Waals surface area contributed by atoms with Crippen LogP contribution < -0.4 is 0 Å². The minimum atomic E-state index is 0.684. The molecule has 0 atom stereocenters. The molecule has 0 N–H and O–H groups in total. The number of hydrogen-bond acceptors (Lipinski definition) is 3. The van der Waals surface area contributed by atoms with Gasteiger partial charge in [-0.15, -0.1) is 0 Å². The summed E-state index contributed by atoms with van der Waals surface area (Å²) in [6.07, 6.45) is 0. The van der Waals surface area contributed by atoms with Crippen molar-refractivity contribution in [2.45, 2.75) is 0 Å². The number of nitrogens with zero attached hydrogens (tertiary/aromatic N) is 4. The van der Waals surface area contributed by atoms with Crippen LogP contribution in [0.25, 0.3) is 127 Å². The largest absolute Gasteiger partial charge is 0.309 e. The number of rotatable bonds is 6. The van der Waals surface area contributed by atoms with E-state index in [1.807, 2.05) is 18.2 Å². The Morgan fingerprint density at radius 3 is 1.51 bits per heavy atom. The van der Waals surface area contributed by atoms with Gasteiger partial charge in [-0.1, -0.05) is 188 Å². The average Bonchev–Trinajstić information content (AvgIpc) is 3.73. The lowest BCUT2D eigenvalue weighted by atomic mass is 9.91. The number of benzene rings is 10. The molecule has 0 saturated heterocycles. The molecule has 0 aliphatic carbocycles. The molecule has 4 nitrogen and oxygen atoms in total. The van der Waals surface area contributed by atoms with Crippen LogP contribution in [0, 0.1) is 0 Å². The van der Waals surface area contributed by atoms with E-state index in [1.165, 1.54) is 38.0 Å². The molecule has 0 radical (unpaired) electrons. The summed E-state index contributed by atoms with van der Waals surface area (Å²) >= 11 is 0. The van der Waals surface area contributed by atoms with Gasteiger partial charge in [0.25, 0.3) is 0 Å². The fourth-order valence-electron chi connectivity index (χ4n) is 9.91. The molecule has 0 bridgehead atoms. The Hall–Kier alpha value is -8.73. The molecular weight excluding hydrogens is 789 g/mol. The molecule has 0 aliphatic heterocycles. The summed E-state index contributed by atoms with van der Waals surface area (Å²) in [7, 11) is 0. The summed E-state index contributed by atoms with van der Waals surface area (Å²) < 4.78 is 2.39. The van der Waals surface area contributed by atoms with E-state index >= 15 is 0 Å². The quantitative estimate of drug-likeness (QED) is 0.157. The maximum atomic E-state index is 5.45. The normalized spacial score (nSPS) is 11.7. The summed E-state index contributed by atoms with van der Waals surface area (Å²) in [6, 6.07) is 82.1. The van der Waals surface area contributed by atoms with Crippen molar-refractivity contribution in [3.8, 4) is 62.0 Å². The van der Waals surface area contributed by atoms with Crippen molar-refractivity contribution in [2.24, 2.45) is 0 Å². The Morgan fingerprint density at radius 1 is 0.292 bits per heavy atom. The van der Waals surface area contributed by atoms with Crippen molar-refractivity contribution >= 4 is 65.0 Å². The molecule has 0 spiro atoms. The van der Waals surface area contributed by atoms with E-state index in [9.17, 15) is 0 Å². The molecule has 0 fully saturated rings. The SMILES string of the molecule is c1ccc(-c2nc(-c3ccc4ccccc4c3)c(-c3ccc(-c4nc5ccccc5c5c4ccc4c5c5ccccc5n4-c4ccccc4)cc3)c(-c3ccc4ccccc4c3)n2)cc1. The maximum absolute atomic E-state index is 5.45. The van der Waals surface area contributed by atoms with Crippen LogP contribution in [0.3, 0.4) is 0 Å². The van der Waals surface area contributed by atoms with Gasteiger partial charge in [0, 0.05) is 60.4 Å². The van der Waals surface area contributed by atoms with Crippen LogP contribution in [0.2, 0.25) is 0 Å². The monoisotopic (exact) mass is 826 g/mol. The lowest BCUT2D eigenvalue weighted by Gasteiger charge is -2.18. The topological polar surface area (TPSA) is 43.6 Å². The van der Waals surface area contributed by atoms with Crippen molar-refractivity contribution in [3.05, 3.63) is 231 Å². The van der Waals surface area contributed by atoms with Crippen LogP contribution in [0.1, 0.15) is 0 Å². The van der Waals surface area contributed by atoms with Gasteiger partial charge in [-0.3, -0.25) is 0 Å². The van der Waals surface area contributed by atoms with Crippen LogP contribution in [0.4, 0.5) is 0 Å². The Labute approximate surface area is 375 Å². The van der Waals surface area contributed by atoms with Gasteiger partial charge in [0.1, 0.15) is 0 Å². The zero-order chi connectivity index (χ0) is 42.8. The molecule has 0 unspecified atom stereocenters. The number of fused-ring (bicyclic) bond motifs is 9. The third-order valence-corrected chi connectivity index (χ3v) is 12.9. The first-order valence-electron chi connectivity index (χ1n) is 22.1. The number of pyridine rings is 1. The van der Waals surface area contributed by atoms with Gasteiger partial charge < -0.3 is 4.57 Å². The van der Waals surface area contributed by atoms with Crippen LogP contribution in [0.15, 0.2) is 231 Å². The first-order chi connectivity index (χ1) is 32.2. The van der Waals surface area contributed by atoms with Gasteiger partial charge >= 0.3 is 0 Å². The number of para-hydroxylation sites is 3. The van der Waals surface area contributed by atoms with E-state index in [1.54, 1.807) is 0 Å². The summed E-state index contributed by atoms with van der Waals surface area (Å²) in [5, 5.41) is 10.6. The molecule has 13 aromatic rings. The Balaban J connectivity index is 1.06. The van der Waals surface area contributed by atoms with Gasteiger partial charge in [0.15, 0.2) is 5.82 Å². The van der Waals surface area contributed by atoms with E-state index in [-0.39, 0.29) is 0 Å². The van der Waals surface area contributed by atoms with Crippen molar-refractivity contribution in [3.63, 3.8) is 0 Å². The fraction of sp³-hybridized carbons (Fsp3) is 0. The average molecular weight is 827 g/mol. The summed E-state index contributed by atoms with van der Waals surface area (Å²) in [6.45, 7) is 0. The second kappa shape index (κ2) is 15.0. The lowest BCUT2D eigenvalue weighted by molar-refractivity contribution is 1.18. The van der Waals surface area contributed by atoms with Gasteiger partial charge in [0.05, 0.1) is 33.6 Å². The molecule has 13 rings (SSSR count). The zero-order valence-electron chi connectivity index (χ0n) is 35.2. The summed E-state index contributed by atoms with van der Waals surface area (Å²) in [5.41, 5.74) is 13.2. The zero-order valence-corrected chi connectivity index (χ0v) is 35.2. The highest BCUT2D eigenvalue weighted by Crippen LogP contribution is 2.45.